The van der Waals surface area contributed by atoms with Gasteiger partial charge in [0.25, 0.3) is 11.6 Å². The summed E-state index contributed by atoms with van der Waals surface area (Å²) in [5, 5.41) is 14.0. The molecule has 0 unspecified atom stereocenters. The number of aromatic nitrogens is 1. The summed E-state index contributed by atoms with van der Waals surface area (Å²) in [5.74, 6) is -1.35. The number of hydrogen-bond acceptors (Lipinski definition) is 6. The number of hydrogen-bond donors (Lipinski definition) is 1. The third-order valence-corrected chi connectivity index (χ3v) is 4.37. The number of thiazole rings is 1. The molecule has 7 nitrogen and oxygen atoms in total. The van der Waals surface area contributed by atoms with E-state index in [4.69, 9.17) is 11.6 Å². The predicted molar refractivity (Wildman–Crippen MR) is 92.3 cm³/mol. The number of nitro benzene ring substituents is 1. The van der Waals surface area contributed by atoms with Gasteiger partial charge in [-0.1, -0.05) is 22.9 Å². The largest absolute Gasteiger partial charge is 0.434 e. The molecule has 1 amide bonds. The van der Waals surface area contributed by atoms with Crippen LogP contribution in [0.1, 0.15) is 10.4 Å². The summed E-state index contributed by atoms with van der Waals surface area (Å²) in [6.45, 7) is -3.19. The maximum absolute atomic E-state index is 12.5. The fourth-order valence-corrected chi connectivity index (χ4v) is 3.26. The molecule has 0 atom stereocenters. The Labute approximate surface area is 153 Å². The lowest BCUT2D eigenvalue weighted by Crippen LogP contribution is -2.15. The summed E-state index contributed by atoms with van der Waals surface area (Å²) in [6.07, 6.45) is 0. The lowest BCUT2D eigenvalue weighted by atomic mass is 10.1. The van der Waals surface area contributed by atoms with Gasteiger partial charge in [0, 0.05) is 17.2 Å². The van der Waals surface area contributed by atoms with E-state index in [9.17, 15) is 23.7 Å². The number of non-ortho nitro benzene ring substituents is 1. The number of benzene rings is 2. The lowest BCUT2D eigenvalue weighted by molar-refractivity contribution is -0.384. The van der Waals surface area contributed by atoms with Crippen LogP contribution >= 0.6 is 22.9 Å². The number of nitro groups is 1. The Morgan fingerprint density at radius 3 is 2.77 bits per heavy atom. The number of halogens is 3. The van der Waals surface area contributed by atoms with Gasteiger partial charge < -0.3 is 4.74 Å². The number of ether oxygens (including phenoxy) is 1. The Morgan fingerprint density at radius 2 is 2.08 bits per heavy atom. The van der Waals surface area contributed by atoms with Gasteiger partial charge in [0.1, 0.15) is 5.75 Å². The minimum atomic E-state index is -3.19. The van der Waals surface area contributed by atoms with Crippen LogP contribution in [0.4, 0.5) is 19.6 Å². The van der Waals surface area contributed by atoms with Crippen LogP contribution in [0.5, 0.6) is 5.75 Å². The standard InChI is InChI=1S/C15H8ClF2N3O4S/c16-7-1-3-10-12(5-7)26-15(19-10)20-13(22)9-6-8(21(23)24)2-4-11(9)25-14(17)18/h1-6,14H,(H,19,20,22). The van der Waals surface area contributed by atoms with Crippen molar-refractivity contribution in [3.63, 3.8) is 0 Å². The Morgan fingerprint density at radius 1 is 1.31 bits per heavy atom. The first kappa shape index (κ1) is 18.0. The van der Waals surface area contributed by atoms with Gasteiger partial charge in [0.2, 0.25) is 0 Å². The first-order chi connectivity index (χ1) is 12.3. The number of amides is 1. The fourth-order valence-electron chi connectivity index (χ4n) is 2.12. The monoisotopic (exact) mass is 399 g/mol. The highest BCUT2D eigenvalue weighted by Crippen LogP contribution is 2.30. The molecule has 1 aromatic heterocycles. The second-order valence-corrected chi connectivity index (χ2v) is 6.37. The first-order valence-electron chi connectivity index (χ1n) is 6.94. The van der Waals surface area contributed by atoms with Crippen LogP contribution < -0.4 is 10.1 Å². The molecule has 0 aliphatic heterocycles. The number of carbonyl (C=O) groups is 1. The van der Waals surface area contributed by atoms with E-state index in [1.54, 1.807) is 18.2 Å². The average Bonchev–Trinajstić information content (AvgIpc) is 2.95. The Bertz CT molecular complexity index is 1010. The number of carbonyl (C=O) groups excluding carboxylic acids is 1. The Balaban J connectivity index is 1.93. The van der Waals surface area contributed by atoms with Gasteiger partial charge >= 0.3 is 6.61 Å². The molecular weight excluding hydrogens is 392 g/mol. The molecule has 1 N–H and O–H groups in total. The van der Waals surface area contributed by atoms with Crippen LogP contribution in [0.25, 0.3) is 10.2 Å². The summed E-state index contributed by atoms with van der Waals surface area (Å²) >= 11 is 7.00. The van der Waals surface area contributed by atoms with Crippen LogP contribution in [0.2, 0.25) is 5.02 Å². The van der Waals surface area contributed by atoms with Crippen molar-refractivity contribution >= 4 is 49.9 Å². The van der Waals surface area contributed by atoms with Crippen LogP contribution in [0.15, 0.2) is 36.4 Å². The third-order valence-electron chi connectivity index (χ3n) is 3.21. The van der Waals surface area contributed by atoms with Gasteiger partial charge in [-0.3, -0.25) is 20.2 Å². The highest BCUT2D eigenvalue weighted by Gasteiger charge is 2.21. The van der Waals surface area contributed by atoms with Crippen LogP contribution in [0.3, 0.4) is 0 Å². The number of nitrogens with zero attached hydrogens (tertiary/aromatic N) is 2. The molecule has 2 aromatic carbocycles. The van der Waals surface area contributed by atoms with Crippen molar-refractivity contribution in [1.29, 1.82) is 0 Å². The van der Waals surface area contributed by atoms with Crippen molar-refractivity contribution < 1.29 is 23.2 Å². The molecule has 0 aliphatic rings. The molecule has 134 valence electrons. The van der Waals surface area contributed by atoms with Crippen LogP contribution in [-0.4, -0.2) is 22.4 Å². The van der Waals surface area contributed by atoms with Gasteiger partial charge in [-0.25, -0.2) is 4.98 Å². The van der Waals surface area contributed by atoms with Gasteiger partial charge in [-0.2, -0.15) is 8.78 Å². The van der Waals surface area contributed by atoms with Crippen molar-refractivity contribution in [2.45, 2.75) is 6.61 Å². The number of nitrogens with one attached hydrogen (secondary N) is 1. The van der Waals surface area contributed by atoms with Crippen molar-refractivity contribution in [1.82, 2.24) is 4.98 Å². The second-order valence-electron chi connectivity index (χ2n) is 4.90. The van der Waals surface area contributed by atoms with E-state index < -0.39 is 34.4 Å². The minimum Gasteiger partial charge on any atom is -0.434 e. The van der Waals surface area contributed by atoms with E-state index in [1.807, 2.05) is 0 Å². The predicted octanol–water partition coefficient (Wildman–Crippen LogP) is 4.71. The maximum Gasteiger partial charge on any atom is 0.387 e. The molecule has 0 saturated heterocycles. The van der Waals surface area contributed by atoms with Crippen LogP contribution in [-0.2, 0) is 0 Å². The summed E-state index contributed by atoms with van der Waals surface area (Å²) in [7, 11) is 0. The second kappa shape index (κ2) is 7.18. The number of rotatable bonds is 5. The zero-order chi connectivity index (χ0) is 18.8. The van der Waals surface area contributed by atoms with E-state index in [0.717, 1.165) is 29.5 Å². The Kier molecular flexibility index (Phi) is 4.96. The van der Waals surface area contributed by atoms with Crippen molar-refractivity contribution in [2.75, 3.05) is 5.32 Å². The van der Waals surface area contributed by atoms with E-state index >= 15 is 0 Å². The number of anilines is 1. The molecule has 1 heterocycles. The zero-order valence-corrected chi connectivity index (χ0v) is 14.2. The molecule has 3 aromatic rings. The smallest absolute Gasteiger partial charge is 0.387 e. The van der Waals surface area contributed by atoms with Crippen LogP contribution in [0, 0.1) is 10.1 Å². The molecule has 26 heavy (non-hydrogen) atoms. The molecule has 0 aliphatic carbocycles. The topological polar surface area (TPSA) is 94.4 Å². The van der Waals surface area contributed by atoms with Crippen molar-refractivity contribution in [2.24, 2.45) is 0 Å². The minimum absolute atomic E-state index is 0.182. The molecule has 0 radical (unpaired) electrons. The zero-order valence-electron chi connectivity index (χ0n) is 12.6. The molecule has 0 saturated carbocycles. The summed E-state index contributed by atoms with van der Waals surface area (Å²) in [5.41, 5.74) is -0.262. The Hall–Kier alpha value is -2.85. The highest BCUT2D eigenvalue weighted by atomic mass is 35.5. The number of alkyl halides is 2. The number of fused-ring (bicyclic) bond motifs is 1. The molecular formula is C15H8ClF2N3O4S. The molecule has 0 spiro atoms. The quantitative estimate of drug-likeness (QED) is 0.495. The maximum atomic E-state index is 12.5. The van der Waals surface area contributed by atoms with Crippen molar-refractivity contribution in [3.8, 4) is 5.75 Å². The summed E-state index contributed by atoms with van der Waals surface area (Å²) in [6, 6.07) is 7.71. The fraction of sp³-hybridized carbons (Fsp3) is 0.0667. The van der Waals surface area contributed by atoms with E-state index in [-0.39, 0.29) is 5.13 Å². The van der Waals surface area contributed by atoms with Gasteiger partial charge in [0.15, 0.2) is 5.13 Å². The first-order valence-corrected chi connectivity index (χ1v) is 8.13. The lowest BCUT2D eigenvalue weighted by Gasteiger charge is -2.09. The average molecular weight is 400 g/mol. The van der Waals surface area contributed by atoms with Crippen molar-refractivity contribution in [3.05, 3.63) is 57.1 Å². The third kappa shape index (κ3) is 3.86. The summed E-state index contributed by atoms with van der Waals surface area (Å²) < 4.78 is 30.0. The molecule has 11 heteroatoms. The van der Waals surface area contributed by atoms with E-state index in [2.05, 4.69) is 15.0 Å². The highest BCUT2D eigenvalue weighted by molar-refractivity contribution is 7.22. The molecule has 3 rings (SSSR count). The van der Waals surface area contributed by atoms with Gasteiger partial charge in [-0.05, 0) is 24.3 Å². The molecule has 0 bridgehead atoms. The van der Waals surface area contributed by atoms with Gasteiger partial charge in [-0.15, -0.1) is 0 Å². The SMILES string of the molecule is O=C(Nc1nc2ccc(Cl)cc2s1)c1cc([N+](=O)[O-])ccc1OC(F)F. The van der Waals surface area contributed by atoms with E-state index in [0.29, 0.717) is 15.2 Å². The summed E-state index contributed by atoms with van der Waals surface area (Å²) in [4.78, 5) is 26.7. The normalized spacial score (nSPS) is 10.9. The van der Waals surface area contributed by atoms with Gasteiger partial charge in [0.05, 0.1) is 20.7 Å². The van der Waals surface area contributed by atoms with E-state index in [1.165, 1.54) is 0 Å². The molecule has 0 fully saturated rings.